The van der Waals surface area contributed by atoms with Gasteiger partial charge in [-0.1, -0.05) is 12.1 Å². The molecule has 2 N–H and O–H groups in total. The Bertz CT molecular complexity index is 537. The Morgan fingerprint density at radius 3 is 2.48 bits per heavy atom. The van der Waals surface area contributed by atoms with Crippen molar-refractivity contribution in [3.63, 3.8) is 0 Å². The predicted octanol–water partition coefficient (Wildman–Crippen LogP) is 0.350. The summed E-state index contributed by atoms with van der Waals surface area (Å²) in [6.45, 7) is 5.77. The summed E-state index contributed by atoms with van der Waals surface area (Å²) in [5.74, 6) is 0. The van der Waals surface area contributed by atoms with Gasteiger partial charge < -0.3 is 9.84 Å². The van der Waals surface area contributed by atoms with Crippen LogP contribution in [0.5, 0.6) is 0 Å². The number of hydrogen-bond donors (Lipinski definition) is 2. The van der Waals surface area contributed by atoms with Crippen LogP contribution in [0.1, 0.15) is 18.6 Å². The van der Waals surface area contributed by atoms with Gasteiger partial charge in [-0.15, -0.1) is 0 Å². The highest BCUT2D eigenvalue weighted by Gasteiger charge is 2.15. The Morgan fingerprint density at radius 2 is 1.90 bits per heavy atom. The second-order valence-electron chi connectivity index (χ2n) is 5.10. The fourth-order valence-corrected chi connectivity index (χ4v) is 3.19. The van der Waals surface area contributed by atoms with Gasteiger partial charge in [-0.25, -0.2) is 13.1 Å². The molecule has 1 saturated heterocycles. The van der Waals surface area contributed by atoms with Gasteiger partial charge >= 0.3 is 0 Å². The van der Waals surface area contributed by atoms with Crippen molar-refractivity contribution >= 4 is 10.0 Å². The van der Waals surface area contributed by atoms with E-state index < -0.39 is 16.1 Å². The van der Waals surface area contributed by atoms with Gasteiger partial charge in [0.05, 0.1) is 24.2 Å². The Labute approximate surface area is 125 Å². The summed E-state index contributed by atoms with van der Waals surface area (Å²) in [7, 11) is -3.49. The Balaban J connectivity index is 1.88. The molecule has 0 amide bonds. The highest BCUT2D eigenvalue weighted by atomic mass is 32.2. The number of ether oxygens (including phenoxy) is 1. The lowest BCUT2D eigenvalue weighted by Crippen LogP contribution is -2.41. The molecule has 2 rings (SSSR count). The zero-order valence-corrected chi connectivity index (χ0v) is 13.0. The van der Waals surface area contributed by atoms with Crippen LogP contribution >= 0.6 is 0 Å². The zero-order valence-electron chi connectivity index (χ0n) is 12.2. The molecular weight excluding hydrogens is 292 g/mol. The fraction of sp³-hybridized carbons (Fsp3) is 0.571. The quantitative estimate of drug-likeness (QED) is 0.792. The summed E-state index contributed by atoms with van der Waals surface area (Å²) in [5, 5.41) is 9.42. The average Bonchev–Trinajstić information content (AvgIpc) is 2.48. The lowest BCUT2D eigenvalue weighted by Gasteiger charge is -2.26. The van der Waals surface area contributed by atoms with E-state index in [1.54, 1.807) is 19.1 Å². The summed E-state index contributed by atoms with van der Waals surface area (Å²) < 4.78 is 32.1. The minimum atomic E-state index is -3.49. The van der Waals surface area contributed by atoms with Crippen molar-refractivity contribution in [2.24, 2.45) is 0 Å². The number of aliphatic hydroxyl groups excluding tert-OH is 1. The molecule has 0 aliphatic carbocycles. The van der Waals surface area contributed by atoms with Crippen molar-refractivity contribution < 1.29 is 18.3 Å². The maximum atomic E-state index is 12.1. The normalized spacial score (nSPS) is 18.6. The molecule has 21 heavy (non-hydrogen) atoms. The van der Waals surface area contributed by atoms with Gasteiger partial charge in [0.25, 0.3) is 0 Å². The van der Waals surface area contributed by atoms with E-state index in [0.717, 1.165) is 13.1 Å². The van der Waals surface area contributed by atoms with Crippen LogP contribution in [0.25, 0.3) is 0 Å². The molecule has 1 aliphatic rings. The second-order valence-corrected chi connectivity index (χ2v) is 6.86. The number of nitrogens with one attached hydrogen (secondary N) is 1. The van der Waals surface area contributed by atoms with E-state index in [4.69, 9.17) is 4.74 Å². The van der Waals surface area contributed by atoms with Crippen LogP contribution in [0, 0.1) is 0 Å². The summed E-state index contributed by atoms with van der Waals surface area (Å²) >= 11 is 0. The van der Waals surface area contributed by atoms with E-state index in [1.165, 1.54) is 12.1 Å². The topological polar surface area (TPSA) is 78.9 Å². The van der Waals surface area contributed by atoms with E-state index in [1.807, 2.05) is 0 Å². The predicted molar refractivity (Wildman–Crippen MR) is 79.5 cm³/mol. The van der Waals surface area contributed by atoms with Crippen molar-refractivity contribution in [3.8, 4) is 0 Å². The van der Waals surface area contributed by atoms with E-state index in [2.05, 4.69) is 9.62 Å². The molecule has 1 aromatic carbocycles. The molecule has 1 aromatic rings. The maximum absolute atomic E-state index is 12.1. The molecule has 1 atom stereocenters. The standard InChI is InChI=1S/C14H22N2O4S/c1-12(17)13-2-4-14(5-3-13)21(18,19)15-6-7-16-8-10-20-11-9-16/h2-5,12,15,17H,6-11H2,1H3. The van der Waals surface area contributed by atoms with E-state index in [9.17, 15) is 13.5 Å². The molecule has 1 aliphatic heterocycles. The minimum absolute atomic E-state index is 0.217. The van der Waals surface area contributed by atoms with Crippen molar-refractivity contribution in [3.05, 3.63) is 29.8 Å². The van der Waals surface area contributed by atoms with Crippen LogP contribution in [0.15, 0.2) is 29.2 Å². The highest BCUT2D eigenvalue weighted by molar-refractivity contribution is 7.89. The van der Waals surface area contributed by atoms with Crippen LogP contribution in [-0.2, 0) is 14.8 Å². The molecule has 118 valence electrons. The third kappa shape index (κ3) is 4.76. The first kappa shape index (κ1) is 16.4. The smallest absolute Gasteiger partial charge is 0.240 e. The second kappa shape index (κ2) is 7.33. The van der Waals surface area contributed by atoms with Gasteiger partial charge in [-0.2, -0.15) is 0 Å². The molecule has 7 heteroatoms. The van der Waals surface area contributed by atoms with E-state index in [0.29, 0.717) is 31.9 Å². The first-order valence-electron chi connectivity index (χ1n) is 7.07. The zero-order chi connectivity index (χ0) is 15.3. The fourth-order valence-electron chi connectivity index (χ4n) is 2.17. The molecular formula is C14H22N2O4S. The van der Waals surface area contributed by atoms with Gasteiger partial charge in [-0.3, -0.25) is 4.90 Å². The third-order valence-corrected chi connectivity index (χ3v) is 4.97. The van der Waals surface area contributed by atoms with Gasteiger partial charge in [-0.05, 0) is 24.6 Å². The van der Waals surface area contributed by atoms with Gasteiger partial charge in [0.15, 0.2) is 0 Å². The molecule has 0 bridgehead atoms. The van der Waals surface area contributed by atoms with Crippen molar-refractivity contribution in [2.45, 2.75) is 17.9 Å². The molecule has 1 unspecified atom stereocenters. The van der Waals surface area contributed by atoms with E-state index in [-0.39, 0.29) is 4.90 Å². The highest BCUT2D eigenvalue weighted by Crippen LogP contribution is 2.15. The van der Waals surface area contributed by atoms with Crippen molar-refractivity contribution in [1.82, 2.24) is 9.62 Å². The Kier molecular flexibility index (Phi) is 5.72. The van der Waals surface area contributed by atoms with Gasteiger partial charge in [0.2, 0.25) is 10.0 Å². The van der Waals surface area contributed by atoms with Crippen molar-refractivity contribution in [1.29, 1.82) is 0 Å². The maximum Gasteiger partial charge on any atom is 0.240 e. The monoisotopic (exact) mass is 314 g/mol. The largest absolute Gasteiger partial charge is 0.389 e. The minimum Gasteiger partial charge on any atom is -0.389 e. The molecule has 0 spiro atoms. The summed E-state index contributed by atoms with van der Waals surface area (Å²) in [6, 6.07) is 6.28. The molecule has 1 fully saturated rings. The summed E-state index contributed by atoms with van der Waals surface area (Å²) in [5.41, 5.74) is 0.697. The van der Waals surface area contributed by atoms with E-state index >= 15 is 0 Å². The summed E-state index contributed by atoms with van der Waals surface area (Å²) in [6.07, 6.45) is -0.601. The summed E-state index contributed by atoms with van der Waals surface area (Å²) in [4.78, 5) is 2.39. The van der Waals surface area contributed by atoms with Crippen molar-refractivity contribution in [2.75, 3.05) is 39.4 Å². The molecule has 0 aromatic heterocycles. The number of sulfonamides is 1. The first-order valence-corrected chi connectivity index (χ1v) is 8.55. The van der Waals surface area contributed by atoms with Crippen LogP contribution in [0.3, 0.4) is 0 Å². The number of benzene rings is 1. The lowest BCUT2D eigenvalue weighted by molar-refractivity contribution is 0.0390. The van der Waals surface area contributed by atoms with Crippen LogP contribution < -0.4 is 4.72 Å². The average molecular weight is 314 g/mol. The first-order chi connectivity index (χ1) is 9.99. The van der Waals surface area contributed by atoms with Crippen LogP contribution in [0.2, 0.25) is 0 Å². The Morgan fingerprint density at radius 1 is 1.29 bits per heavy atom. The van der Waals surface area contributed by atoms with Gasteiger partial charge in [0, 0.05) is 26.2 Å². The lowest BCUT2D eigenvalue weighted by atomic mass is 10.1. The Hall–Kier alpha value is -0.990. The number of nitrogens with zero attached hydrogens (tertiary/aromatic N) is 1. The SMILES string of the molecule is CC(O)c1ccc(S(=O)(=O)NCCN2CCOCC2)cc1. The number of rotatable bonds is 6. The molecule has 6 nitrogen and oxygen atoms in total. The van der Waals surface area contributed by atoms with Crippen LogP contribution in [0.4, 0.5) is 0 Å². The molecule has 0 saturated carbocycles. The number of aliphatic hydroxyl groups is 1. The number of hydrogen-bond acceptors (Lipinski definition) is 5. The van der Waals surface area contributed by atoms with Gasteiger partial charge in [0.1, 0.15) is 0 Å². The number of morpholine rings is 1. The third-order valence-electron chi connectivity index (χ3n) is 3.50. The molecule has 1 heterocycles. The van der Waals surface area contributed by atoms with Crippen LogP contribution in [-0.4, -0.2) is 57.8 Å². The molecule has 0 radical (unpaired) electrons.